The fourth-order valence-electron chi connectivity index (χ4n) is 2.58. The molecule has 1 fully saturated rings. The lowest BCUT2D eigenvalue weighted by atomic mass is 10.1. The number of nitriles is 1. The van der Waals surface area contributed by atoms with Crippen LogP contribution in [-0.4, -0.2) is 18.2 Å². The van der Waals surface area contributed by atoms with Gasteiger partial charge < -0.3 is 10.0 Å². The van der Waals surface area contributed by atoms with E-state index in [1.165, 1.54) is 30.6 Å². The van der Waals surface area contributed by atoms with Gasteiger partial charge in [0, 0.05) is 5.56 Å². The summed E-state index contributed by atoms with van der Waals surface area (Å²) in [5.74, 6) is 0.247. The predicted molar refractivity (Wildman–Crippen MR) is 65.6 cm³/mol. The molecule has 3 heteroatoms. The van der Waals surface area contributed by atoms with Crippen molar-refractivity contribution in [2.75, 3.05) is 13.1 Å². The van der Waals surface area contributed by atoms with Crippen LogP contribution >= 0.6 is 0 Å². The molecule has 0 aromatic heterocycles. The first kappa shape index (κ1) is 11.9. The van der Waals surface area contributed by atoms with Gasteiger partial charge in [0.2, 0.25) is 6.04 Å². The molecule has 1 heterocycles. The van der Waals surface area contributed by atoms with E-state index >= 15 is 0 Å². The van der Waals surface area contributed by atoms with Gasteiger partial charge in [0.1, 0.15) is 11.8 Å². The van der Waals surface area contributed by atoms with Gasteiger partial charge in [-0.3, -0.25) is 0 Å². The second-order valence-corrected chi connectivity index (χ2v) is 4.73. The van der Waals surface area contributed by atoms with E-state index in [4.69, 9.17) is 0 Å². The highest BCUT2D eigenvalue weighted by atomic mass is 16.3. The van der Waals surface area contributed by atoms with E-state index < -0.39 is 0 Å². The molecule has 1 aromatic carbocycles. The van der Waals surface area contributed by atoms with Crippen molar-refractivity contribution in [2.24, 2.45) is 0 Å². The number of rotatable bonds is 2. The highest BCUT2D eigenvalue weighted by Crippen LogP contribution is 2.16. The Labute approximate surface area is 102 Å². The van der Waals surface area contributed by atoms with Crippen molar-refractivity contribution in [1.29, 1.82) is 5.26 Å². The minimum absolute atomic E-state index is 0.139. The smallest absolute Gasteiger partial charge is 0.200 e. The van der Waals surface area contributed by atoms with Gasteiger partial charge in [0.05, 0.1) is 13.1 Å². The van der Waals surface area contributed by atoms with Crippen molar-refractivity contribution in [3.8, 4) is 11.8 Å². The van der Waals surface area contributed by atoms with E-state index in [2.05, 4.69) is 6.07 Å². The molecule has 1 aromatic rings. The quantitative estimate of drug-likeness (QED) is 0.808. The van der Waals surface area contributed by atoms with Crippen molar-refractivity contribution >= 4 is 0 Å². The largest absolute Gasteiger partial charge is 0.508 e. The number of benzene rings is 1. The Balaban J connectivity index is 2.18. The van der Waals surface area contributed by atoms with Crippen LogP contribution in [-0.2, 0) is 0 Å². The molecule has 1 aliphatic rings. The Bertz CT molecular complexity index is 403. The number of nitrogens with one attached hydrogen (secondary N) is 1. The Morgan fingerprint density at radius 1 is 1.18 bits per heavy atom. The number of likely N-dealkylation sites (tertiary alicyclic amines) is 1. The van der Waals surface area contributed by atoms with Crippen molar-refractivity contribution in [2.45, 2.75) is 31.7 Å². The summed E-state index contributed by atoms with van der Waals surface area (Å²) < 4.78 is 0. The molecule has 2 N–H and O–H groups in total. The Kier molecular flexibility index (Phi) is 4.00. The molecular weight excluding hydrogens is 212 g/mol. The molecular formula is C14H19N2O+. The predicted octanol–water partition coefficient (Wildman–Crippen LogP) is 1.42. The van der Waals surface area contributed by atoms with Crippen molar-refractivity contribution in [1.82, 2.24) is 0 Å². The minimum Gasteiger partial charge on any atom is -0.508 e. The number of phenols is 1. The fourth-order valence-corrected chi connectivity index (χ4v) is 2.58. The van der Waals surface area contributed by atoms with Crippen LogP contribution in [0.25, 0.3) is 0 Å². The molecule has 0 unspecified atom stereocenters. The lowest BCUT2D eigenvalue weighted by molar-refractivity contribution is -0.922. The molecule has 1 aliphatic heterocycles. The van der Waals surface area contributed by atoms with Gasteiger partial charge in [-0.2, -0.15) is 5.26 Å². The second kappa shape index (κ2) is 5.70. The zero-order chi connectivity index (χ0) is 12.1. The fraction of sp³-hybridized carbons (Fsp3) is 0.500. The molecule has 3 nitrogen and oxygen atoms in total. The lowest BCUT2D eigenvalue weighted by Gasteiger charge is -2.22. The van der Waals surface area contributed by atoms with Gasteiger partial charge in [-0.15, -0.1) is 0 Å². The van der Waals surface area contributed by atoms with Crippen LogP contribution in [0.3, 0.4) is 0 Å². The number of nitrogens with zero attached hydrogens (tertiary/aromatic N) is 1. The van der Waals surface area contributed by atoms with Gasteiger partial charge in [0.15, 0.2) is 0 Å². The highest BCUT2D eigenvalue weighted by molar-refractivity contribution is 5.30. The van der Waals surface area contributed by atoms with Gasteiger partial charge in [0.25, 0.3) is 0 Å². The maximum Gasteiger partial charge on any atom is 0.200 e. The molecule has 0 bridgehead atoms. The Hall–Kier alpha value is -1.53. The summed E-state index contributed by atoms with van der Waals surface area (Å²) in [4.78, 5) is 1.34. The monoisotopic (exact) mass is 231 g/mol. The molecule has 2 rings (SSSR count). The van der Waals surface area contributed by atoms with Crippen LogP contribution in [0, 0.1) is 11.3 Å². The summed E-state index contributed by atoms with van der Waals surface area (Å²) in [5.41, 5.74) is 0.935. The summed E-state index contributed by atoms with van der Waals surface area (Å²) in [6, 6.07) is 9.37. The first-order valence-electron chi connectivity index (χ1n) is 6.34. The van der Waals surface area contributed by atoms with Crippen molar-refractivity contribution in [3.05, 3.63) is 29.8 Å². The van der Waals surface area contributed by atoms with E-state index in [-0.39, 0.29) is 11.8 Å². The van der Waals surface area contributed by atoms with Gasteiger partial charge in [-0.1, -0.05) is 12.1 Å². The summed E-state index contributed by atoms with van der Waals surface area (Å²) in [6.07, 6.45) is 4.96. The van der Waals surface area contributed by atoms with E-state index in [1.54, 1.807) is 12.1 Å². The number of hydrogen-bond acceptors (Lipinski definition) is 2. The molecule has 17 heavy (non-hydrogen) atoms. The van der Waals surface area contributed by atoms with E-state index in [0.29, 0.717) is 0 Å². The molecule has 1 atom stereocenters. The van der Waals surface area contributed by atoms with Crippen LogP contribution in [0.5, 0.6) is 5.75 Å². The Morgan fingerprint density at radius 2 is 1.88 bits per heavy atom. The normalized spacial score (nSPS) is 19.2. The van der Waals surface area contributed by atoms with E-state index in [9.17, 15) is 10.4 Å². The van der Waals surface area contributed by atoms with Crippen LogP contribution in [0.4, 0.5) is 0 Å². The zero-order valence-electron chi connectivity index (χ0n) is 10.0. The van der Waals surface area contributed by atoms with Gasteiger partial charge in [-0.25, -0.2) is 0 Å². The average Bonchev–Trinajstić information content (AvgIpc) is 2.59. The molecule has 90 valence electrons. The van der Waals surface area contributed by atoms with Crippen LogP contribution in [0.1, 0.15) is 37.3 Å². The third-order valence-corrected chi connectivity index (χ3v) is 3.49. The maximum atomic E-state index is 9.49. The molecule has 0 saturated carbocycles. The first-order chi connectivity index (χ1) is 8.31. The standard InChI is InChI=1S/C14H18N2O/c15-11-14(12-6-5-7-13(17)10-12)16-8-3-1-2-4-9-16/h5-7,10,14,17H,1-4,8-9H2/p+1/t14-/m1/s1. The zero-order valence-corrected chi connectivity index (χ0v) is 10.0. The first-order valence-corrected chi connectivity index (χ1v) is 6.34. The van der Waals surface area contributed by atoms with Crippen LogP contribution in [0.15, 0.2) is 24.3 Å². The third-order valence-electron chi connectivity index (χ3n) is 3.49. The summed E-state index contributed by atoms with van der Waals surface area (Å²) >= 11 is 0. The molecule has 0 aliphatic carbocycles. The topological polar surface area (TPSA) is 48.5 Å². The van der Waals surface area contributed by atoms with Crippen molar-refractivity contribution in [3.63, 3.8) is 0 Å². The van der Waals surface area contributed by atoms with Crippen LogP contribution in [0.2, 0.25) is 0 Å². The molecule has 0 radical (unpaired) electrons. The van der Waals surface area contributed by atoms with Gasteiger partial charge in [-0.05, 0) is 37.8 Å². The number of quaternary nitrogens is 1. The van der Waals surface area contributed by atoms with E-state index in [0.717, 1.165) is 18.7 Å². The minimum atomic E-state index is -0.139. The maximum absolute atomic E-state index is 9.49. The lowest BCUT2D eigenvalue weighted by Crippen LogP contribution is -3.12. The van der Waals surface area contributed by atoms with Crippen molar-refractivity contribution < 1.29 is 10.0 Å². The number of aromatic hydroxyl groups is 1. The molecule has 1 saturated heterocycles. The van der Waals surface area contributed by atoms with Gasteiger partial charge >= 0.3 is 0 Å². The average molecular weight is 231 g/mol. The SMILES string of the molecule is N#C[C@H](c1cccc(O)c1)[NH+]1CCCCCC1. The molecule has 0 spiro atoms. The second-order valence-electron chi connectivity index (χ2n) is 4.73. The number of phenolic OH excluding ortho intramolecular Hbond substituents is 1. The summed E-state index contributed by atoms with van der Waals surface area (Å²) in [5, 5.41) is 18.9. The summed E-state index contributed by atoms with van der Waals surface area (Å²) in [7, 11) is 0. The third kappa shape index (κ3) is 2.98. The molecule has 0 amide bonds. The Morgan fingerprint density at radius 3 is 2.47 bits per heavy atom. The van der Waals surface area contributed by atoms with Crippen LogP contribution < -0.4 is 4.90 Å². The highest BCUT2D eigenvalue weighted by Gasteiger charge is 2.24. The van der Waals surface area contributed by atoms with E-state index in [1.807, 2.05) is 12.1 Å². The summed E-state index contributed by atoms with van der Waals surface area (Å²) in [6.45, 7) is 2.13. The number of hydrogen-bond donors (Lipinski definition) is 2.